The predicted molar refractivity (Wildman–Crippen MR) is 179 cm³/mol. The molecule has 246 valence electrons. The summed E-state index contributed by atoms with van der Waals surface area (Å²) in [6.07, 6.45) is 3.49. The lowest BCUT2D eigenvalue weighted by Crippen LogP contribution is -2.70. The zero-order valence-corrected chi connectivity index (χ0v) is 28.6. The standard InChI is InChI=1S/C39H48O7/c1-10-23(11-2)16-24-12-15-29(46-9)26(17-24)25-13-14-28(41)31-27(25)18-37(7)19-38(8)32(20(3)4)21(5)30(22(6)40)35(43)39(38,45)36(44)33(37)34(31)42/h12-15,17,20,23,32,41-42,45H,10-11,16,18-19H2,1-9H3/t32-,37+,38+,39-/m1/s1. The molecule has 0 unspecified atom stereocenters. The van der Waals surface area contributed by atoms with E-state index in [1.165, 1.54) is 13.0 Å². The van der Waals surface area contributed by atoms with Crippen molar-refractivity contribution >= 4 is 23.1 Å². The lowest BCUT2D eigenvalue weighted by molar-refractivity contribution is -0.180. The molecule has 2 aromatic carbocycles. The monoisotopic (exact) mass is 628 g/mol. The molecule has 46 heavy (non-hydrogen) atoms. The molecule has 1 fully saturated rings. The molecule has 4 atom stereocenters. The smallest absolute Gasteiger partial charge is 0.206 e. The molecule has 0 amide bonds. The van der Waals surface area contributed by atoms with Gasteiger partial charge < -0.3 is 20.1 Å². The predicted octanol–water partition coefficient (Wildman–Crippen LogP) is 7.35. The molecular weight excluding hydrogens is 580 g/mol. The SMILES string of the molecule is CCC(CC)Cc1ccc(OC)c(-c2ccc(O)c3c2C[C@@]2(C)C[C@@]4(C)[C@H](C(C)C)C(C)=C(C(C)=O)C(=O)[C@@]4(O)C(=O)C2=C3O)c1. The molecule has 0 saturated heterocycles. The molecule has 1 saturated carbocycles. The van der Waals surface area contributed by atoms with Gasteiger partial charge in [0.1, 0.15) is 17.3 Å². The average molecular weight is 629 g/mol. The summed E-state index contributed by atoms with van der Waals surface area (Å²) in [5, 5.41) is 35.5. The van der Waals surface area contributed by atoms with E-state index >= 15 is 0 Å². The summed E-state index contributed by atoms with van der Waals surface area (Å²) in [5.74, 6) is -2.34. The number of phenolic OH excluding ortho intramolecular Hbond substituents is 1. The van der Waals surface area contributed by atoms with Crippen LogP contribution in [0, 0.1) is 28.6 Å². The number of fused-ring (bicyclic) bond motifs is 3. The number of carbonyl (C=O) groups is 3. The fourth-order valence-electron chi connectivity index (χ4n) is 9.50. The fraction of sp³-hybridized carbons (Fsp3) is 0.513. The van der Waals surface area contributed by atoms with Crippen molar-refractivity contribution < 1.29 is 34.4 Å². The van der Waals surface area contributed by atoms with E-state index in [4.69, 9.17) is 4.74 Å². The number of phenols is 1. The van der Waals surface area contributed by atoms with E-state index in [2.05, 4.69) is 26.0 Å². The third kappa shape index (κ3) is 4.60. The van der Waals surface area contributed by atoms with Gasteiger partial charge in [-0.2, -0.15) is 0 Å². The summed E-state index contributed by atoms with van der Waals surface area (Å²) in [4.78, 5) is 41.5. The van der Waals surface area contributed by atoms with Gasteiger partial charge in [-0.3, -0.25) is 14.4 Å². The van der Waals surface area contributed by atoms with E-state index < -0.39 is 45.5 Å². The molecule has 3 aliphatic carbocycles. The Labute approximate surface area is 272 Å². The minimum atomic E-state index is -2.55. The Morgan fingerprint density at radius 1 is 1.02 bits per heavy atom. The average Bonchev–Trinajstić information content (AvgIpc) is 2.97. The Kier molecular flexibility index (Phi) is 8.42. The number of rotatable bonds is 8. The van der Waals surface area contributed by atoms with E-state index in [1.54, 1.807) is 21.0 Å². The van der Waals surface area contributed by atoms with Gasteiger partial charge in [0.2, 0.25) is 11.6 Å². The van der Waals surface area contributed by atoms with Gasteiger partial charge in [0.25, 0.3) is 0 Å². The summed E-state index contributed by atoms with van der Waals surface area (Å²) >= 11 is 0. The highest BCUT2D eigenvalue weighted by Gasteiger charge is 2.72. The number of Topliss-reactive ketones (excluding diaryl/α,β-unsaturated/α-hetero) is 3. The van der Waals surface area contributed by atoms with E-state index in [9.17, 15) is 29.7 Å². The van der Waals surface area contributed by atoms with Crippen LogP contribution in [0.2, 0.25) is 0 Å². The molecule has 3 aliphatic rings. The van der Waals surface area contributed by atoms with Crippen LogP contribution >= 0.6 is 0 Å². The van der Waals surface area contributed by atoms with Crippen molar-refractivity contribution in [1.29, 1.82) is 0 Å². The molecule has 7 nitrogen and oxygen atoms in total. The zero-order chi connectivity index (χ0) is 34.1. The van der Waals surface area contributed by atoms with Crippen LogP contribution in [-0.2, 0) is 27.2 Å². The summed E-state index contributed by atoms with van der Waals surface area (Å²) in [7, 11) is 1.61. The van der Waals surface area contributed by atoms with Crippen LogP contribution in [0.5, 0.6) is 11.5 Å². The first-order valence-electron chi connectivity index (χ1n) is 16.5. The van der Waals surface area contributed by atoms with Gasteiger partial charge in [0, 0.05) is 22.0 Å². The number of ether oxygens (including phenoxy) is 1. The van der Waals surface area contributed by atoms with E-state index in [1.807, 2.05) is 32.9 Å². The lowest BCUT2D eigenvalue weighted by atomic mass is 9.42. The number of benzene rings is 2. The number of ketones is 3. The van der Waals surface area contributed by atoms with Crippen molar-refractivity contribution in [1.82, 2.24) is 0 Å². The molecule has 5 rings (SSSR count). The maximum absolute atomic E-state index is 14.6. The van der Waals surface area contributed by atoms with Crippen molar-refractivity contribution in [3.63, 3.8) is 0 Å². The van der Waals surface area contributed by atoms with E-state index in [0.717, 1.165) is 36.0 Å². The first kappa shape index (κ1) is 33.6. The molecular formula is C39H48O7. The van der Waals surface area contributed by atoms with Crippen molar-refractivity contribution in [3.8, 4) is 22.6 Å². The maximum Gasteiger partial charge on any atom is 0.206 e. The van der Waals surface area contributed by atoms with Crippen LogP contribution in [0.4, 0.5) is 0 Å². The van der Waals surface area contributed by atoms with Crippen LogP contribution in [-0.4, -0.2) is 45.4 Å². The molecule has 0 bridgehead atoms. The van der Waals surface area contributed by atoms with Crippen molar-refractivity contribution in [2.24, 2.45) is 28.6 Å². The minimum Gasteiger partial charge on any atom is -0.507 e. The Morgan fingerprint density at radius 2 is 1.67 bits per heavy atom. The van der Waals surface area contributed by atoms with Crippen molar-refractivity contribution in [2.45, 2.75) is 93.1 Å². The van der Waals surface area contributed by atoms with Gasteiger partial charge in [-0.1, -0.05) is 72.1 Å². The van der Waals surface area contributed by atoms with Crippen LogP contribution in [0.1, 0.15) is 91.3 Å². The van der Waals surface area contributed by atoms with Crippen molar-refractivity contribution in [3.05, 3.63) is 63.7 Å². The number of allylic oxidation sites excluding steroid dienone is 1. The zero-order valence-electron chi connectivity index (χ0n) is 28.6. The molecule has 0 spiro atoms. The second-order valence-electron chi connectivity index (χ2n) is 14.7. The van der Waals surface area contributed by atoms with Gasteiger partial charge in [-0.15, -0.1) is 0 Å². The first-order chi connectivity index (χ1) is 21.5. The molecule has 3 N–H and O–H groups in total. The maximum atomic E-state index is 14.6. The normalized spacial score (nSPS) is 27.6. The molecule has 2 aromatic rings. The quantitative estimate of drug-likeness (QED) is 0.206. The Bertz CT molecular complexity index is 1710. The second kappa shape index (κ2) is 11.5. The van der Waals surface area contributed by atoms with Crippen LogP contribution in [0.25, 0.3) is 16.9 Å². The number of hydrogen-bond donors (Lipinski definition) is 3. The number of aliphatic hydroxyl groups excluding tert-OH is 1. The van der Waals surface area contributed by atoms with Gasteiger partial charge in [-0.05, 0) is 85.8 Å². The summed E-state index contributed by atoms with van der Waals surface area (Å²) in [5.41, 5.74) is -0.924. The van der Waals surface area contributed by atoms with E-state index in [0.29, 0.717) is 22.8 Å². The van der Waals surface area contributed by atoms with Crippen LogP contribution in [0.3, 0.4) is 0 Å². The summed E-state index contributed by atoms with van der Waals surface area (Å²) in [6, 6.07) is 9.45. The van der Waals surface area contributed by atoms with Crippen LogP contribution < -0.4 is 4.74 Å². The van der Waals surface area contributed by atoms with E-state index in [-0.39, 0.29) is 41.2 Å². The molecule has 7 heteroatoms. The lowest BCUT2D eigenvalue weighted by Gasteiger charge is -2.60. The van der Waals surface area contributed by atoms with Crippen LogP contribution in [0.15, 0.2) is 47.1 Å². The second-order valence-corrected chi connectivity index (χ2v) is 14.7. The first-order valence-corrected chi connectivity index (χ1v) is 16.5. The summed E-state index contributed by atoms with van der Waals surface area (Å²) < 4.78 is 5.81. The third-order valence-electron chi connectivity index (χ3n) is 11.4. The number of aliphatic hydroxyl groups is 2. The Hall–Kier alpha value is -3.71. The fourth-order valence-corrected chi connectivity index (χ4v) is 9.50. The summed E-state index contributed by atoms with van der Waals surface area (Å²) in [6.45, 7) is 15.0. The highest BCUT2D eigenvalue weighted by atomic mass is 16.5. The number of methoxy groups -OCH3 is 1. The number of aromatic hydroxyl groups is 1. The highest BCUT2D eigenvalue weighted by Crippen LogP contribution is 2.65. The van der Waals surface area contributed by atoms with Crippen molar-refractivity contribution in [2.75, 3.05) is 7.11 Å². The number of hydrogen-bond acceptors (Lipinski definition) is 7. The van der Waals surface area contributed by atoms with Gasteiger partial charge in [-0.25, -0.2) is 0 Å². The molecule has 0 radical (unpaired) electrons. The van der Waals surface area contributed by atoms with Gasteiger partial charge in [0.05, 0.1) is 18.2 Å². The molecule has 0 heterocycles. The van der Waals surface area contributed by atoms with Gasteiger partial charge in [0.15, 0.2) is 11.4 Å². The largest absolute Gasteiger partial charge is 0.507 e. The highest BCUT2D eigenvalue weighted by molar-refractivity contribution is 6.33. The van der Waals surface area contributed by atoms with Gasteiger partial charge >= 0.3 is 0 Å². The Morgan fingerprint density at radius 3 is 2.24 bits per heavy atom. The topological polar surface area (TPSA) is 121 Å². The minimum absolute atomic E-state index is 0.0832. The third-order valence-corrected chi connectivity index (χ3v) is 11.4. The molecule has 0 aliphatic heterocycles. The Balaban J connectivity index is 1.76. The number of carbonyl (C=O) groups excluding carboxylic acids is 3. The molecule has 0 aromatic heterocycles.